The summed E-state index contributed by atoms with van der Waals surface area (Å²) in [5.41, 5.74) is 2.88. The fourth-order valence-corrected chi connectivity index (χ4v) is 5.00. The van der Waals surface area contributed by atoms with E-state index >= 15 is 0 Å². The molecule has 0 atom stereocenters. The Morgan fingerprint density at radius 3 is 2.51 bits per heavy atom. The number of hydrogen-bond acceptors (Lipinski definition) is 10. The van der Waals surface area contributed by atoms with Crippen LogP contribution in [0.1, 0.15) is 12.1 Å². The van der Waals surface area contributed by atoms with Crippen molar-refractivity contribution in [2.45, 2.75) is 18.2 Å². The van der Waals surface area contributed by atoms with Crippen molar-refractivity contribution < 1.29 is 17.9 Å². The fraction of sp³-hybridized carbons (Fsp3) is 0.333. The zero-order valence-corrected chi connectivity index (χ0v) is 22.2. The number of H-pyrrole nitrogens is 1. The van der Waals surface area contributed by atoms with E-state index in [-0.39, 0.29) is 10.6 Å². The maximum atomic E-state index is 12.6. The van der Waals surface area contributed by atoms with Gasteiger partial charge in [0.25, 0.3) is 0 Å². The van der Waals surface area contributed by atoms with Gasteiger partial charge in [-0.3, -0.25) is 9.78 Å². The summed E-state index contributed by atoms with van der Waals surface area (Å²) in [6, 6.07) is 8.48. The topological polar surface area (TPSA) is 140 Å². The van der Waals surface area contributed by atoms with E-state index in [1.165, 1.54) is 0 Å². The van der Waals surface area contributed by atoms with Gasteiger partial charge in [-0.05, 0) is 37.6 Å². The molecule has 0 aliphatic rings. The lowest BCUT2D eigenvalue weighted by atomic mass is 10.2. The normalized spacial score (nSPS) is 11.5. The predicted octanol–water partition coefficient (Wildman–Crippen LogP) is 3.24. The molecule has 3 aromatic heterocycles. The third-order valence-corrected chi connectivity index (χ3v) is 7.45. The number of nitrogens with zero attached hydrogens (tertiary/aromatic N) is 6. The molecule has 0 saturated carbocycles. The SMILES string of the molecule is COCCCS(=O)(=O)c1ccc(N(C)c2nc(Nc3cc(C)[nH]n3)c(OC)c(-c3cnn(C)c3)n2)cc1. The van der Waals surface area contributed by atoms with Crippen molar-refractivity contribution in [2.75, 3.05) is 43.8 Å². The lowest BCUT2D eigenvalue weighted by molar-refractivity contribution is 0.199. The van der Waals surface area contributed by atoms with Gasteiger partial charge >= 0.3 is 0 Å². The second kappa shape index (κ2) is 11.0. The lowest BCUT2D eigenvalue weighted by Crippen LogP contribution is -2.16. The first-order chi connectivity index (χ1) is 17.7. The highest BCUT2D eigenvalue weighted by Crippen LogP contribution is 2.37. The zero-order valence-electron chi connectivity index (χ0n) is 21.4. The molecule has 4 aromatic rings. The van der Waals surface area contributed by atoms with E-state index in [2.05, 4.69) is 20.6 Å². The van der Waals surface area contributed by atoms with E-state index in [1.807, 2.05) is 26.2 Å². The molecule has 0 aliphatic heterocycles. The number of benzene rings is 1. The molecule has 0 fully saturated rings. The number of aryl methyl sites for hydroxylation is 2. The summed E-state index contributed by atoms with van der Waals surface area (Å²) in [7, 11) is 3.32. The Morgan fingerprint density at radius 2 is 1.92 bits per heavy atom. The lowest BCUT2D eigenvalue weighted by Gasteiger charge is -2.21. The third kappa shape index (κ3) is 5.89. The Morgan fingerprint density at radius 1 is 1.16 bits per heavy atom. The summed E-state index contributed by atoms with van der Waals surface area (Å²) >= 11 is 0. The maximum Gasteiger partial charge on any atom is 0.232 e. The average Bonchev–Trinajstić information content (AvgIpc) is 3.50. The fourth-order valence-electron chi connectivity index (χ4n) is 3.71. The Hall–Kier alpha value is -3.97. The van der Waals surface area contributed by atoms with Crippen LogP contribution in [0.2, 0.25) is 0 Å². The van der Waals surface area contributed by atoms with Crippen LogP contribution in [0.25, 0.3) is 11.3 Å². The number of nitrogens with one attached hydrogen (secondary N) is 2. The number of methoxy groups -OCH3 is 2. The molecule has 1 aromatic carbocycles. The van der Waals surface area contributed by atoms with Gasteiger partial charge in [-0.25, -0.2) is 13.4 Å². The summed E-state index contributed by atoms with van der Waals surface area (Å²) < 4.78 is 37.6. The first kappa shape index (κ1) is 26.1. The molecule has 3 heterocycles. The van der Waals surface area contributed by atoms with Gasteiger partial charge in [0.2, 0.25) is 5.95 Å². The predicted molar refractivity (Wildman–Crippen MR) is 140 cm³/mol. The van der Waals surface area contributed by atoms with Crippen molar-refractivity contribution in [3.63, 3.8) is 0 Å². The van der Waals surface area contributed by atoms with Crippen LogP contribution in [0.3, 0.4) is 0 Å². The molecule has 0 unspecified atom stereocenters. The molecule has 0 spiro atoms. The van der Waals surface area contributed by atoms with Crippen molar-refractivity contribution in [3.8, 4) is 17.0 Å². The van der Waals surface area contributed by atoms with Crippen LogP contribution >= 0.6 is 0 Å². The first-order valence-electron chi connectivity index (χ1n) is 11.5. The number of ether oxygens (including phenoxy) is 2. The summed E-state index contributed by atoms with van der Waals surface area (Å²) in [6.07, 6.45) is 3.96. The van der Waals surface area contributed by atoms with Gasteiger partial charge in [0.1, 0.15) is 5.69 Å². The van der Waals surface area contributed by atoms with Gasteiger partial charge in [-0.15, -0.1) is 0 Å². The molecule has 0 aliphatic carbocycles. The Bertz CT molecular complexity index is 1460. The molecule has 4 rings (SSSR count). The minimum absolute atomic E-state index is 0.0216. The van der Waals surface area contributed by atoms with E-state index in [4.69, 9.17) is 19.4 Å². The summed E-state index contributed by atoms with van der Waals surface area (Å²) in [6.45, 7) is 2.29. The van der Waals surface area contributed by atoms with Crippen LogP contribution in [-0.2, 0) is 21.6 Å². The number of hydrogen-bond donors (Lipinski definition) is 2. The van der Waals surface area contributed by atoms with Crippen LogP contribution in [0.15, 0.2) is 47.6 Å². The van der Waals surface area contributed by atoms with Crippen LogP contribution in [0.5, 0.6) is 5.75 Å². The number of rotatable bonds is 11. The van der Waals surface area contributed by atoms with Crippen molar-refractivity contribution in [3.05, 3.63) is 48.4 Å². The summed E-state index contributed by atoms with van der Waals surface area (Å²) in [5, 5.41) is 14.6. The second-order valence-corrected chi connectivity index (χ2v) is 10.5. The van der Waals surface area contributed by atoms with Gasteiger partial charge in [0.05, 0.1) is 24.0 Å². The van der Waals surface area contributed by atoms with Crippen LogP contribution in [-0.4, -0.2) is 72.0 Å². The van der Waals surface area contributed by atoms with E-state index in [0.717, 1.165) is 11.3 Å². The standard InChI is InChI=1S/C24H30N8O4S/c1-16-13-20(30-29-16)26-23-22(36-5)21(17-14-25-31(2)15-17)27-24(28-23)32(3)18-7-9-19(10-8-18)37(33,34)12-6-11-35-4/h7-10,13-15H,6,11-12H2,1-5H3,(H2,26,27,28,29,30). The molecular formula is C24H30N8O4S. The summed E-state index contributed by atoms with van der Waals surface area (Å²) in [4.78, 5) is 11.5. The maximum absolute atomic E-state index is 12.6. The second-order valence-electron chi connectivity index (χ2n) is 8.44. The molecule has 0 amide bonds. The van der Waals surface area contributed by atoms with E-state index in [1.54, 1.807) is 61.3 Å². The smallest absolute Gasteiger partial charge is 0.232 e. The number of sulfone groups is 1. The largest absolute Gasteiger partial charge is 0.491 e. The van der Waals surface area contributed by atoms with E-state index < -0.39 is 9.84 Å². The van der Waals surface area contributed by atoms with Crippen molar-refractivity contribution in [1.29, 1.82) is 0 Å². The molecule has 0 bridgehead atoms. The van der Waals surface area contributed by atoms with Crippen molar-refractivity contribution in [2.24, 2.45) is 7.05 Å². The molecule has 0 radical (unpaired) electrons. The van der Waals surface area contributed by atoms with Crippen LogP contribution < -0.4 is 15.0 Å². The number of anilines is 4. The highest BCUT2D eigenvalue weighted by atomic mass is 32.2. The molecule has 2 N–H and O–H groups in total. The van der Waals surface area contributed by atoms with Gasteiger partial charge in [-0.1, -0.05) is 0 Å². The van der Waals surface area contributed by atoms with E-state index in [9.17, 15) is 8.42 Å². The Kier molecular flexibility index (Phi) is 7.74. The van der Waals surface area contributed by atoms with Gasteiger partial charge in [0.15, 0.2) is 27.2 Å². The number of aromatic nitrogens is 6. The van der Waals surface area contributed by atoms with Gasteiger partial charge in [-0.2, -0.15) is 15.2 Å². The van der Waals surface area contributed by atoms with Gasteiger partial charge in [0, 0.05) is 57.0 Å². The minimum Gasteiger partial charge on any atom is -0.491 e. The minimum atomic E-state index is -3.40. The van der Waals surface area contributed by atoms with Gasteiger partial charge < -0.3 is 19.7 Å². The Labute approximate surface area is 215 Å². The van der Waals surface area contributed by atoms with Crippen molar-refractivity contribution in [1.82, 2.24) is 29.9 Å². The quantitative estimate of drug-likeness (QED) is 0.280. The zero-order chi connectivity index (χ0) is 26.6. The molecule has 13 heteroatoms. The highest BCUT2D eigenvalue weighted by Gasteiger charge is 2.22. The number of aromatic amines is 1. The monoisotopic (exact) mass is 526 g/mol. The van der Waals surface area contributed by atoms with Crippen LogP contribution in [0, 0.1) is 6.92 Å². The molecule has 12 nitrogen and oxygen atoms in total. The summed E-state index contributed by atoms with van der Waals surface area (Å²) in [5.74, 6) is 1.81. The molecular weight excluding hydrogens is 496 g/mol. The third-order valence-electron chi connectivity index (χ3n) is 5.63. The highest BCUT2D eigenvalue weighted by molar-refractivity contribution is 7.91. The molecule has 37 heavy (non-hydrogen) atoms. The average molecular weight is 527 g/mol. The first-order valence-corrected chi connectivity index (χ1v) is 13.2. The van der Waals surface area contributed by atoms with Crippen LogP contribution in [0.4, 0.5) is 23.3 Å². The Balaban J connectivity index is 1.71. The molecule has 196 valence electrons. The van der Waals surface area contributed by atoms with Crippen molar-refractivity contribution >= 4 is 33.1 Å². The van der Waals surface area contributed by atoms with E-state index in [0.29, 0.717) is 47.7 Å². The molecule has 0 saturated heterocycles.